The molecule has 10 nitrogen and oxygen atoms in total. The molecule has 4 aromatic carbocycles. The highest BCUT2D eigenvalue weighted by Gasteiger charge is 2.44. The third kappa shape index (κ3) is 14.2. The molecule has 3 amide bonds. The molecule has 1 aliphatic rings. The number of allylic oxidation sites excluding steroid dienone is 1. The van der Waals surface area contributed by atoms with Crippen LogP contribution in [0.15, 0.2) is 115 Å². The monoisotopic (exact) mass is 940 g/mol. The summed E-state index contributed by atoms with van der Waals surface area (Å²) in [6.45, 7) is 17.5. The molecule has 4 atom stereocenters. The van der Waals surface area contributed by atoms with Crippen LogP contribution in [0, 0.1) is 12.3 Å². The van der Waals surface area contributed by atoms with E-state index in [1.165, 1.54) is 32.7 Å². The number of carbonyl (C=O) groups is 3. The summed E-state index contributed by atoms with van der Waals surface area (Å²) < 4.78 is 6.24. The van der Waals surface area contributed by atoms with Crippen molar-refractivity contribution in [3.63, 3.8) is 0 Å². The van der Waals surface area contributed by atoms with Crippen LogP contribution in [0.4, 0.5) is 0 Å². The number of ether oxygens (including phenoxy) is 1. The number of hydrogen-bond donors (Lipinski definition) is 3. The number of nitrogens with zero attached hydrogens (tertiary/aromatic N) is 3. The van der Waals surface area contributed by atoms with Gasteiger partial charge in [-0.3, -0.25) is 14.4 Å². The third-order valence-corrected chi connectivity index (χ3v) is 14.0. The van der Waals surface area contributed by atoms with Gasteiger partial charge in [-0.2, -0.15) is 0 Å². The molecule has 1 fully saturated rings. The maximum absolute atomic E-state index is 14.1. The lowest BCUT2D eigenvalue weighted by Gasteiger charge is -2.35. The number of rotatable bonds is 23. The van der Waals surface area contributed by atoms with Gasteiger partial charge >= 0.3 is 0 Å². The number of benzene rings is 4. The Morgan fingerprint density at radius 1 is 0.824 bits per heavy atom. The Labute approximate surface area is 409 Å². The predicted octanol–water partition coefficient (Wildman–Crippen LogP) is 10.9. The summed E-state index contributed by atoms with van der Waals surface area (Å²) >= 11 is 1.59. The zero-order valence-corrected chi connectivity index (χ0v) is 42.1. The van der Waals surface area contributed by atoms with Gasteiger partial charge in [0.2, 0.25) is 17.7 Å². The van der Waals surface area contributed by atoms with Crippen molar-refractivity contribution in [2.75, 3.05) is 32.8 Å². The Kier molecular flexibility index (Phi) is 19.1. The van der Waals surface area contributed by atoms with Gasteiger partial charge in [0.15, 0.2) is 0 Å². The lowest BCUT2D eigenvalue weighted by atomic mass is 9.85. The Morgan fingerprint density at radius 2 is 1.46 bits per heavy atom. The molecule has 0 unspecified atom stereocenters. The predicted molar refractivity (Wildman–Crippen MR) is 277 cm³/mol. The molecule has 362 valence electrons. The normalized spacial score (nSPS) is 16.3. The Morgan fingerprint density at radius 3 is 2.07 bits per heavy atom. The van der Waals surface area contributed by atoms with E-state index in [9.17, 15) is 19.5 Å². The first kappa shape index (κ1) is 51.8. The first-order valence-corrected chi connectivity index (χ1v) is 25.5. The van der Waals surface area contributed by atoms with Crippen molar-refractivity contribution in [1.29, 1.82) is 0 Å². The number of unbranched alkanes of at least 4 members (excludes halogenated alkanes) is 4. The molecular formula is C57H73N5O5S. The summed E-state index contributed by atoms with van der Waals surface area (Å²) in [4.78, 5) is 50.5. The van der Waals surface area contributed by atoms with Crippen LogP contribution < -0.4 is 15.4 Å². The Bertz CT molecular complexity index is 2390. The maximum Gasteiger partial charge on any atom is 0.246 e. The van der Waals surface area contributed by atoms with E-state index in [0.29, 0.717) is 13.0 Å². The number of likely N-dealkylation sites (tertiary alicyclic amines) is 1. The molecule has 5 aromatic rings. The van der Waals surface area contributed by atoms with Gasteiger partial charge in [0, 0.05) is 25.9 Å². The molecule has 2 heterocycles. The van der Waals surface area contributed by atoms with Gasteiger partial charge in [0.25, 0.3) is 0 Å². The summed E-state index contributed by atoms with van der Waals surface area (Å²) in [5.74, 6) is 0.0163. The Balaban J connectivity index is 0.906. The molecule has 1 aliphatic heterocycles. The van der Waals surface area contributed by atoms with Crippen LogP contribution in [-0.2, 0) is 14.4 Å². The minimum atomic E-state index is -0.845. The van der Waals surface area contributed by atoms with E-state index in [1.54, 1.807) is 11.3 Å². The van der Waals surface area contributed by atoms with Crippen molar-refractivity contribution < 1.29 is 24.2 Å². The van der Waals surface area contributed by atoms with Crippen LogP contribution in [0.1, 0.15) is 127 Å². The zero-order valence-electron chi connectivity index (χ0n) is 41.3. The third-order valence-electron chi connectivity index (χ3n) is 13.0. The van der Waals surface area contributed by atoms with Gasteiger partial charge in [0.1, 0.15) is 24.4 Å². The molecule has 0 aliphatic carbocycles. The molecule has 0 spiro atoms. The van der Waals surface area contributed by atoms with Crippen LogP contribution in [0.25, 0.3) is 21.6 Å². The second-order valence-corrected chi connectivity index (χ2v) is 20.0. The smallest absolute Gasteiger partial charge is 0.246 e. The minimum absolute atomic E-state index is 0.0386. The van der Waals surface area contributed by atoms with Gasteiger partial charge in [-0.25, -0.2) is 4.98 Å². The zero-order chi connectivity index (χ0) is 48.6. The number of thiazole rings is 1. The number of likely N-dealkylation sites (N-methyl/N-ethyl adjacent to an activating group) is 1. The van der Waals surface area contributed by atoms with Crippen molar-refractivity contribution in [1.82, 2.24) is 25.4 Å². The largest absolute Gasteiger partial charge is 0.492 e. The van der Waals surface area contributed by atoms with E-state index in [4.69, 9.17) is 4.74 Å². The average molecular weight is 940 g/mol. The number of aromatic nitrogens is 1. The molecule has 0 radical (unpaired) electrons. The number of nitrogens with one attached hydrogen (secondary N) is 2. The summed E-state index contributed by atoms with van der Waals surface area (Å²) in [7, 11) is 0. The molecule has 68 heavy (non-hydrogen) atoms. The van der Waals surface area contributed by atoms with Gasteiger partial charge in [-0.15, -0.1) is 11.3 Å². The van der Waals surface area contributed by atoms with E-state index in [1.807, 2.05) is 64.4 Å². The molecule has 1 saturated heterocycles. The summed E-state index contributed by atoms with van der Waals surface area (Å²) in [6, 6.07) is 35.8. The SMILES string of the molecule is CCC(=C(c1ccccc1)c1ccc(OCCN(CC)CCCCCCCC(=O)N[C@H](C(=O)N2C[C@H](O)C[C@H]2C(=O)N[C@@H](C)c2ccc(-c3scnc3C)cc2)C(C)(C)C)cc1)c1ccccc1. The fourth-order valence-electron chi connectivity index (χ4n) is 9.12. The lowest BCUT2D eigenvalue weighted by Crippen LogP contribution is -2.57. The van der Waals surface area contributed by atoms with Crippen LogP contribution in [-0.4, -0.2) is 88.6 Å². The van der Waals surface area contributed by atoms with Crippen LogP contribution >= 0.6 is 11.3 Å². The van der Waals surface area contributed by atoms with Gasteiger partial charge < -0.3 is 30.3 Å². The summed E-state index contributed by atoms with van der Waals surface area (Å²) in [6.07, 6.45) is 5.36. The highest BCUT2D eigenvalue weighted by Crippen LogP contribution is 2.35. The average Bonchev–Trinajstić information content (AvgIpc) is 3.96. The van der Waals surface area contributed by atoms with E-state index in [2.05, 4.69) is 119 Å². The fraction of sp³-hybridized carbons (Fsp3) is 0.439. The number of carbonyl (C=O) groups excluding carboxylic acids is 3. The molecule has 0 bridgehead atoms. The van der Waals surface area contributed by atoms with Gasteiger partial charge in [-0.05, 0) is 103 Å². The standard InChI is InChI=1S/C57H73N5O5S/c1-8-49(43-21-15-13-16-22-43)52(44-23-17-14-18-24-44)45-30-32-48(33-31-45)67-36-35-61(9-2)34-20-12-10-11-19-25-51(64)60-54(57(5,6)7)56(66)62-38-47(63)37-50(62)55(65)59-40(3)42-26-28-46(29-27-42)53-41(4)58-39-68-53/h13-18,21-24,26-33,39-40,47,50,54,63H,8-12,19-20,25,34-38H2,1-7H3,(H,59,65)(H,60,64)/t40-,47+,50-,54+/m0/s1. The number of β-amino-alcohol motifs (C(OH)–C–C–N with tert-alkyl or cyclic N) is 1. The van der Waals surface area contributed by atoms with E-state index in [-0.39, 0.29) is 36.7 Å². The van der Waals surface area contributed by atoms with Crippen molar-refractivity contribution >= 4 is 40.2 Å². The van der Waals surface area contributed by atoms with Crippen molar-refractivity contribution in [3.8, 4) is 16.2 Å². The van der Waals surface area contributed by atoms with Crippen molar-refractivity contribution in [3.05, 3.63) is 143 Å². The number of aryl methyl sites for hydroxylation is 1. The first-order chi connectivity index (χ1) is 32.8. The number of aliphatic hydroxyl groups excluding tert-OH is 1. The van der Waals surface area contributed by atoms with Crippen LogP contribution in [0.2, 0.25) is 0 Å². The topological polar surface area (TPSA) is 124 Å². The minimum Gasteiger partial charge on any atom is -0.492 e. The molecule has 11 heteroatoms. The lowest BCUT2D eigenvalue weighted by molar-refractivity contribution is -0.144. The summed E-state index contributed by atoms with van der Waals surface area (Å²) in [5.41, 5.74) is 10.4. The molecule has 1 aromatic heterocycles. The van der Waals surface area contributed by atoms with Crippen molar-refractivity contribution in [2.24, 2.45) is 5.41 Å². The second kappa shape index (κ2) is 25.1. The number of hydrogen-bond acceptors (Lipinski definition) is 8. The molecule has 3 N–H and O–H groups in total. The van der Waals surface area contributed by atoms with Gasteiger partial charge in [-0.1, -0.05) is 151 Å². The second-order valence-electron chi connectivity index (χ2n) is 19.1. The summed E-state index contributed by atoms with van der Waals surface area (Å²) in [5, 5.41) is 16.8. The van der Waals surface area contributed by atoms with Crippen molar-refractivity contribution in [2.45, 2.75) is 124 Å². The fourth-order valence-corrected chi connectivity index (χ4v) is 9.93. The first-order valence-electron chi connectivity index (χ1n) is 24.7. The highest BCUT2D eigenvalue weighted by atomic mass is 32.1. The highest BCUT2D eigenvalue weighted by molar-refractivity contribution is 7.13. The van der Waals surface area contributed by atoms with E-state index < -0.39 is 23.6 Å². The quantitative estimate of drug-likeness (QED) is 0.0440. The number of amides is 3. The van der Waals surface area contributed by atoms with Gasteiger partial charge in [0.05, 0.1) is 28.2 Å². The van der Waals surface area contributed by atoms with E-state index >= 15 is 0 Å². The Hall–Kier alpha value is -5.62. The maximum atomic E-state index is 14.1. The molecule has 0 saturated carbocycles. The number of aliphatic hydroxyl groups is 1. The van der Waals surface area contributed by atoms with Crippen LogP contribution in [0.3, 0.4) is 0 Å². The van der Waals surface area contributed by atoms with E-state index in [0.717, 1.165) is 85.6 Å². The van der Waals surface area contributed by atoms with Crippen LogP contribution in [0.5, 0.6) is 5.75 Å². The molecule has 6 rings (SSSR count). The molecular weight excluding hydrogens is 867 g/mol.